The fourth-order valence-corrected chi connectivity index (χ4v) is 5.43. The van der Waals surface area contributed by atoms with Gasteiger partial charge in [0.05, 0.1) is 7.11 Å². The van der Waals surface area contributed by atoms with Gasteiger partial charge in [-0.05, 0) is 55.8 Å². The molecule has 7 heteroatoms. The third-order valence-corrected chi connectivity index (χ3v) is 7.14. The molecule has 4 rings (SSSR count). The summed E-state index contributed by atoms with van der Waals surface area (Å²) in [7, 11) is 3.87. The number of aromatic nitrogens is 3. The summed E-state index contributed by atoms with van der Waals surface area (Å²) in [5, 5.41) is 8.74. The molecule has 2 aromatic rings. The molecule has 168 valence electrons. The molecule has 1 aromatic carbocycles. The Morgan fingerprint density at radius 1 is 1.23 bits per heavy atom. The fourth-order valence-electron chi connectivity index (χ4n) is 5.43. The summed E-state index contributed by atoms with van der Waals surface area (Å²) in [5.74, 6) is 2.64. The maximum Gasteiger partial charge on any atom is 0.222 e. The number of nitrogens with zero attached hydrogens (tertiary/aromatic N) is 5. The number of aryl methyl sites for hydroxylation is 2. The first kappa shape index (κ1) is 21.8. The Hall–Kier alpha value is -2.41. The van der Waals surface area contributed by atoms with Crippen LogP contribution in [0.2, 0.25) is 0 Å². The maximum absolute atomic E-state index is 12.9. The largest absolute Gasteiger partial charge is 0.497 e. The standard InChI is InChI=1S/C24H35N5O2/c1-4-13-29-18-25-26-23(29)21-16-27(2)17-24(21)11-14-28(15-12-24)22(30)10-7-19-5-8-20(31-3)9-6-19/h5-6,8-9,18,21H,4,7,10-17H2,1-3H3. The van der Waals surface area contributed by atoms with Gasteiger partial charge in [-0.2, -0.15) is 0 Å². The lowest BCUT2D eigenvalue weighted by molar-refractivity contribution is -0.133. The van der Waals surface area contributed by atoms with Crippen molar-refractivity contribution >= 4 is 5.91 Å². The summed E-state index contributed by atoms with van der Waals surface area (Å²) in [6, 6.07) is 8.00. The topological polar surface area (TPSA) is 63.5 Å². The van der Waals surface area contributed by atoms with Crippen LogP contribution < -0.4 is 4.74 Å². The highest BCUT2D eigenvalue weighted by molar-refractivity contribution is 5.76. The van der Waals surface area contributed by atoms with E-state index in [4.69, 9.17) is 4.74 Å². The van der Waals surface area contributed by atoms with Gasteiger partial charge < -0.3 is 19.1 Å². The third kappa shape index (κ3) is 4.61. The van der Waals surface area contributed by atoms with Gasteiger partial charge in [-0.15, -0.1) is 10.2 Å². The number of carbonyl (C=O) groups excluding carboxylic acids is 1. The van der Waals surface area contributed by atoms with E-state index in [1.165, 1.54) is 5.56 Å². The van der Waals surface area contributed by atoms with Crippen LogP contribution in [0.4, 0.5) is 0 Å². The number of carbonyl (C=O) groups is 1. The van der Waals surface area contributed by atoms with Crippen molar-refractivity contribution in [1.29, 1.82) is 0 Å². The van der Waals surface area contributed by atoms with Crippen LogP contribution in [0.1, 0.15) is 49.9 Å². The van der Waals surface area contributed by atoms with E-state index in [1.54, 1.807) is 7.11 Å². The van der Waals surface area contributed by atoms with Crippen LogP contribution in [0.15, 0.2) is 30.6 Å². The minimum atomic E-state index is 0.194. The van der Waals surface area contributed by atoms with E-state index in [0.717, 1.165) is 70.0 Å². The van der Waals surface area contributed by atoms with Crippen LogP contribution in [-0.2, 0) is 17.8 Å². The number of hydrogen-bond donors (Lipinski definition) is 0. The van der Waals surface area contributed by atoms with Gasteiger partial charge in [-0.3, -0.25) is 4.79 Å². The monoisotopic (exact) mass is 425 g/mol. The normalized spacial score (nSPS) is 21.0. The number of likely N-dealkylation sites (tertiary alicyclic amines) is 2. The lowest BCUT2D eigenvalue weighted by Crippen LogP contribution is -2.46. The SMILES string of the molecule is CCCn1cnnc1C1CN(C)CC12CCN(C(=O)CCc1ccc(OC)cc1)CC2. The summed E-state index contributed by atoms with van der Waals surface area (Å²) in [6.45, 7) is 6.94. The van der Waals surface area contributed by atoms with E-state index in [9.17, 15) is 4.79 Å². The van der Waals surface area contributed by atoms with Crippen LogP contribution >= 0.6 is 0 Å². The molecule has 0 saturated carbocycles. The summed E-state index contributed by atoms with van der Waals surface area (Å²) < 4.78 is 7.45. The molecule has 1 aromatic heterocycles. The van der Waals surface area contributed by atoms with Crippen LogP contribution in [0.25, 0.3) is 0 Å². The molecule has 7 nitrogen and oxygen atoms in total. The zero-order valence-corrected chi connectivity index (χ0v) is 19.1. The number of amides is 1. The Morgan fingerprint density at radius 3 is 2.65 bits per heavy atom. The summed E-state index contributed by atoms with van der Waals surface area (Å²) >= 11 is 0. The van der Waals surface area contributed by atoms with E-state index < -0.39 is 0 Å². The number of rotatable bonds is 7. The summed E-state index contributed by atoms with van der Waals surface area (Å²) in [6.07, 6.45) is 6.37. The molecule has 0 radical (unpaired) electrons. The molecule has 3 heterocycles. The number of benzene rings is 1. The lowest BCUT2D eigenvalue weighted by Gasteiger charge is -2.42. The van der Waals surface area contributed by atoms with E-state index >= 15 is 0 Å². The van der Waals surface area contributed by atoms with E-state index in [2.05, 4.69) is 38.5 Å². The van der Waals surface area contributed by atoms with Crippen molar-refractivity contribution in [2.24, 2.45) is 5.41 Å². The highest BCUT2D eigenvalue weighted by Crippen LogP contribution is 2.49. The molecular formula is C24H35N5O2. The zero-order valence-electron chi connectivity index (χ0n) is 19.1. The number of methoxy groups -OCH3 is 1. The Kier molecular flexibility index (Phi) is 6.60. The average Bonchev–Trinajstić information content (AvgIpc) is 3.36. The number of hydrogen-bond acceptors (Lipinski definition) is 5. The number of piperidine rings is 1. The van der Waals surface area contributed by atoms with E-state index in [0.29, 0.717) is 12.3 Å². The van der Waals surface area contributed by atoms with Gasteiger partial charge in [0.2, 0.25) is 5.91 Å². The maximum atomic E-state index is 12.9. The van der Waals surface area contributed by atoms with Gasteiger partial charge in [0, 0.05) is 45.1 Å². The molecule has 1 unspecified atom stereocenters. The van der Waals surface area contributed by atoms with Crippen molar-refractivity contribution in [3.63, 3.8) is 0 Å². The van der Waals surface area contributed by atoms with Crippen molar-refractivity contribution in [2.75, 3.05) is 40.3 Å². The summed E-state index contributed by atoms with van der Waals surface area (Å²) in [5.41, 5.74) is 1.37. The lowest BCUT2D eigenvalue weighted by atomic mass is 9.70. The summed E-state index contributed by atoms with van der Waals surface area (Å²) in [4.78, 5) is 17.4. The van der Waals surface area contributed by atoms with Crippen molar-refractivity contribution in [3.05, 3.63) is 42.0 Å². The predicted molar refractivity (Wildman–Crippen MR) is 120 cm³/mol. The van der Waals surface area contributed by atoms with Gasteiger partial charge in [-0.25, -0.2) is 0 Å². The van der Waals surface area contributed by atoms with Crippen LogP contribution in [0.5, 0.6) is 5.75 Å². The number of ether oxygens (including phenoxy) is 1. The molecule has 1 atom stereocenters. The Morgan fingerprint density at radius 2 is 1.97 bits per heavy atom. The molecule has 0 aliphatic carbocycles. The molecule has 2 aliphatic rings. The first-order valence-corrected chi connectivity index (χ1v) is 11.5. The smallest absolute Gasteiger partial charge is 0.222 e. The van der Waals surface area contributed by atoms with Crippen molar-refractivity contribution in [3.8, 4) is 5.75 Å². The second-order valence-electron chi connectivity index (χ2n) is 9.22. The van der Waals surface area contributed by atoms with Gasteiger partial charge >= 0.3 is 0 Å². The van der Waals surface area contributed by atoms with E-state index in [-0.39, 0.29) is 11.3 Å². The molecule has 2 aliphatic heterocycles. The minimum absolute atomic E-state index is 0.194. The molecule has 2 fully saturated rings. The van der Waals surface area contributed by atoms with Gasteiger partial charge in [0.15, 0.2) is 0 Å². The van der Waals surface area contributed by atoms with Crippen LogP contribution in [0, 0.1) is 5.41 Å². The fraction of sp³-hybridized carbons (Fsp3) is 0.625. The van der Waals surface area contributed by atoms with E-state index in [1.807, 2.05) is 30.6 Å². The predicted octanol–water partition coefficient (Wildman–Crippen LogP) is 2.97. The third-order valence-electron chi connectivity index (χ3n) is 7.14. The van der Waals surface area contributed by atoms with Gasteiger partial charge in [-0.1, -0.05) is 19.1 Å². The van der Waals surface area contributed by atoms with Crippen LogP contribution in [0.3, 0.4) is 0 Å². The molecule has 0 bridgehead atoms. The first-order chi connectivity index (χ1) is 15.0. The molecule has 0 N–H and O–H groups in total. The van der Waals surface area contributed by atoms with Crippen molar-refractivity contribution < 1.29 is 9.53 Å². The molecule has 31 heavy (non-hydrogen) atoms. The van der Waals surface area contributed by atoms with Crippen molar-refractivity contribution in [1.82, 2.24) is 24.6 Å². The first-order valence-electron chi connectivity index (χ1n) is 11.5. The van der Waals surface area contributed by atoms with Crippen LogP contribution in [-0.4, -0.2) is 70.8 Å². The second-order valence-corrected chi connectivity index (χ2v) is 9.22. The van der Waals surface area contributed by atoms with Gasteiger partial charge in [0.25, 0.3) is 0 Å². The molecule has 1 spiro atoms. The Balaban J connectivity index is 1.37. The molecular weight excluding hydrogens is 390 g/mol. The highest BCUT2D eigenvalue weighted by atomic mass is 16.5. The second kappa shape index (κ2) is 9.39. The van der Waals surface area contributed by atoms with Crippen molar-refractivity contribution in [2.45, 2.75) is 51.5 Å². The minimum Gasteiger partial charge on any atom is -0.497 e. The Labute approximate surface area is 185 Å². The highest BCUT2D eigenvalue weighted by Gasteiger charge is 2.49. The van der Waals surface area contributed by atoms with Gasteiger partial charge in [0.1, 0.15) is 17.9 Å². The average molecular weight is 426 g/mol. The number of likely N-dealkylation sites (N-methyl/N-ethyl adjacent to an activating group) is 1. The Bertz CT molecular complexity index is 870. The molecule has 1 amide bonds. The molecule has 2 saturated heterocycles. The zero-order chi connectivity index (χ0) is 21.8. The quantitative estimate of drug-likeness (QED) is 0.682.